The predicted molar refractivity (Wildman–Crippen MR) is 106 cm³/mol. The maximum absolute atomic E-state index is 5.74. The van der Waals surface area contributed by atoms with Crippen LogP contribution in [0.3, 0.4) is 0 Å². The predicted octanol–water partition coefficient (Wildman–Crippen LogP) is 3.93. The van der Waals surface area contributed by atoms with Crippen LogP contribution < -0.4 is 11.1 Å². The van der Waals surface area contributed by atoms with Gasteiger partial charge >= 0.3 is 0 Å². The molecule has 5 heteroatoms. The monoisotopic (exact) mass is 341 g/mol. The van der Waals surface area contributed by atoms with Crippen LogP contribution in [-0.4, -0.2) is 21.5 Å². The lowest BCUT2D eigenvalue weighted by Gasteiger charge is -2.11. The molecule has 2 aromatic carbocycles. The minimum atomic E-state index is 0.673. The molecule has 0 atom stereocenters. The lowest BCUT2D eigenvalue weighted by Crippen LogP contribution is -2.08. The summed E-state index contributed by atoms with van der Waals surface area (Å²) in [6.07, 6.45) is 4.42. The molecule has 0 fully saturated rings. The number of nitrogens with zero attached hydrogens (tertiary/aromatic N) is 3. The Morgan fingerprint density at radius 1 is 0.885 bits per heavy atom. The van der Waals surface area contributed by atoms with Crippen molar-refractivity contribution in [2.24, 2.45) is 0 Å². The highest BCUT2D eigenvalue weighted by atomic mass is 15.0. The van der Waals surface area contributed by atoms with Crippen LogP contribution in [0.5, 0.6) is 0 Å². The van der Waals surface area contributed by atoms with E-state index >= 15 is 0 Å². The Kier molecular flexibility index (Phi) is 4.43. The zero-order chi connectivity index (χ0) is 17.8. The second-order valence-electron chi connectivity index (χ2n) is 6.07. The molecule has 0 radical (unpaired) electrons. The summed E-state index contributed by atoms with van der Waals surface area (Å²) in [4.78, 5) is 13.6. The van der Waals surface area contributed by atoms with Gasteiger partial charge in [-0.25, -0.2) is 9.97 Å². The number of fused-ring (bicyclic) bond motifs is 1. The van der Waals surface area contributed by atoms with Crippen LogP contribution in [0, 0.1) is 0 Å². The molecule has 4 rings (SSSR count). The molecule has 0 saturated heterocycles. The molecule has 2 heterocycles. The summed E-state index contributed by atoms with van der Waals surface area (Å²) in [7, 11) is 0. The van der Waals surface area contributed by atoms with E-state index in [-0.39, 0.29) is 0 Å². The van der Waals surface area contributed by atoms with Crippen molar-refractivity contribution < 1.29 is 0 Å². The van der Waals surface area contributed by atoms with Crippen molar-refractivity contribution in [3.63, 3.8) is 0 Å². The van der Waals surface area contributed by atoms with Gasteiger partial charge < -0.3 is 11.1 Å². The lowest BCUT2D eigenvalue weighted by atomic mass is 10.1. The van der Waals surface area contributed by atoms with Gasteiger partial charge in [-0.15, -0.1) is 0 Å². The van der Waals surface area contributed by atoms with E-state index in [0.717, 1.165) is 40.9 Å². The first kappa shape index (κ1) is 16.0. The SMILES string of the molecule is Nc1ccc(CCNc2nc(-c3cccnc3)nc3ccccc23)cc1. The number of anilines is 2. The Bertz CT molecular complexity index is 1010. The third kappa shape index (κ3) is 3.47. The molecule has 0 saturated carbocycles. The summed E-state index contributed by atoms with van der Waals surface area (Å²) in [6.45, 7) is 0.775. The zero-order valence-corrected chi connectivity index (χ0v) is 14.3. The summed E-state index contributed by atoms with van der Waals surface area (Å²) in [5, 5.41) is 4.47. The first-order valence-corrected chi connectivity index (χ1v) is 8.55. The molecule has 5 nitrogen and oxygen atoms in total. The maximum Gasteiger partial charge on any atom is 0.163 e. The van der Waals surface area contributed by atoms with E-state index in [1.165, 1.54) is 5.56 Å². The molecule has 0 unspecified atom stereocenters. The Balaban J connectivity index is 1.61. The quantitative estimate of drug-likeness (QED) is 0.538. The van der Waals surface area contributed by atoms with Crippen molar-refractivity contribution in [2.45, 2.75) is 6.42 Å². The zero-order valence-electron chi connectivity index (χ0n) is 14.3. The van der Waals surface area contributed by atoms with Gasteiger partial charge in [-0.3, -0.25) is 4.98 Å². The second-order valence-corrected chi connectivity index (χ2v) is 6.07. The molecular weight excluding hydrogens is 322 g/mol. The topological polar surface area (TPSA) is 76.7 Å². The molecule has 0 bridgehead atoms. The smallest absolute Gasteiger partial charge is 0.163 e. The molecule has 128 valence electrons. The molecule has 3 N–H and O–H groups in total. The number of nitrogens with two attached hydrogens (primary N) is 1. The van der Waals surface area contributed by atoms with E-state index in [1.54, 1.807) is 12.4 Å². The van der Waals surface area contributed by atoms with E-state index in [1.807, 2.05) is 48.5 Å². The minimum Gasteiger partial charge on any atom is -0.399 e. The van der Waals surface area contributed by atoms with Crippen molar-refractivity contribution in [2.75, 3.05) is 17.6 Å². The van der Waals surface area contributed by atoms with E-state index in [9.17, 15) is 0 Å². The van der Waals surface area contributed by atoms with Gasteiger partial charge in [0.25, 0.3) is 0 Å². The number of pyridine rings is 1. The Morgan fingerprint density at radius 2 is 1.73 bits per heavy atom. The Hall–Kier alpha value is -3.47. The largest absolute Gasteiger partial charge is 0.399 e. The fourth-order valence-corrected chi connectivity index (χ4v) is 2.85. The number of benzene rings is 2. The molecule has 0 aliphatic carbocycles. The normalized spacial score (nSPS) is 10.8. The fraction of sp³-hybridized carbons (Fsp3) is 0.0952. The van der Waals surface area contributed by atoms with Gasteiger partial charge in [-0.05, 0) is 48.4 Å². The first-order valence-electron chi connectivity index (χ1n) is 8.55. The van der Waals surface area contributed by atoms with Gasteiger partial charge in [-0.2, -0.15) is 0 Å². The molecule has 2 aromatic heterocycles. The van der Waals surface area contributed by atoms with Crippen molar-refractivity contribution in [1.29, 1.82) is 0 Å². The summed E-state index contributed by atoms with van der Waals surface area (Å²) in [6, 6.07) is 19.8. The van der Waals surface area contributed by atoms with Crippen LogP contribution in [0.25, 0.3) is 22.3 Å². The summed E-state index contributed by atoms with van der Waals surface area (Å²) in [5.74, 6) is 1.51. The number of aromatic nitrogens is 3. The van der Waals surface area contributed by atoms with Gasteiger partial charge in [0.1, 0.15) is 5.82 Å². The van der Waals surface area contributed by atoms with Crippen molar-refractivity contribution in [3.05, 3.63) is 78.6 Å². The van der Waals surface area contributed by atoms with Gasteiger partial charge in [0.05, 0.1) is 5.52 Å². The average Bonchev–Trinajstić information content (AvgIpc) is 2.70. The Morgan fingerprint density at radius 3 is 2.54 bits per heavy atom. The third-order valence-corrected chi connectivity index (χ3v) is 4.21. The molecule has 0 aliphatic heterocycles. The number of nitrogen functional groups attached to an aromatic ring is 1. The van der Waals surface area contributed by atoms with Crippen molar-refractivity contribution in [3.8, 4) is 11.4 Å². The van der Waals surface area contributed by atoms with Gasteiger partial charge in [0, 0.05) is 35.6 Å². The number of hydrogen-bond donors (Lipinski definition) is 2. The van der Waals surface area contributed by atoms with Gasteiger partial charge in [-0.1, -0.05) is 24.3 Å². The van der Waals surface area contributed by atoms with Crippen LogP contribution in [0.1, 0.15) is 5.56 Å². The summed E-state index contributed by atoms with van der Waals surface area (Å²) in [5.41, 5.74) is 9.57. The standard InChI is InChI=1S/C21H19N5/c22-17-9-7-15(8-10-17)11-13-24-21-18-5-1-2-6-19(18)25-20(26-21)16-4-3-12-23-14-16/h1-10,12,14H,11,13,22H2,(H,24,25,26). The first-order chi connectivity index (χ1) is 12.8. The van der Waals surface area contributed by atoms with Crippen LogP contribution in [0.4, 0.5) is 11.5 Å². The highest BCUT2D eigenvalue weighted by molar-refractivity contribution is 5.90. The number of para-hydroxylation sites is 1. The highest BCUT2D eigenvalue weighted by Crippen LogP contribution is 2.24. The van der Waals surface area contributed by atoms with E-state index in [4.69, 9.17) is 10.7 Å². The summed E-state index contributed by atoms with van der Waals surface area (Å²) >= 11 is 0. The molecule has 26 heavy (non-hydrogen) atoms. The number of rotatable bonds is 5. The Labute approximate surface area is 152 Å². The minimum absolute atomic E-state index is 0.673. The fourth-order valence-electron chi connectivity index (χ4n) is 2.85. The van der Waals surface area contributed by atoms with Crippen LogP contribution in [0.15, 0.2) is 73.1 Å². The molecule has 4 aromatic rings. The third-order valence-electron chi connectivity index (χ3n) is 4.21. The molecule has 0 spiro atoms. The molecule has 0 aliphatic rings. The van der Waals surface area contributed by atoms with E-state index in [0.29, 0.717) is 5.82 Å². The summed E-state index contributed by atoms with van der Waals surface area (Å²) < 4.78 is 0. The average molecular weight is 341 g/mol. The van der Waals surface area contributed by atoms with E-state index < -0.39 is 0 Å². The second kappa shape index (κ2) is 7.19. The van der Waals surface area contributed by atoms with E-state index in [2.05, 4.69) is 27.4 Å². The number of nitrogens with one attached hydrogen (secondary N) is 1. The van der Waals surface area contributed by atoms with Gasteiger partial charge in [0.2, 0.25) is 0 Å². The maximum atomic E-state index is 5.74. The molecular formula is C21H19N5. The molecule has 0 amide bonds. The van der Waals surface area contributed by atoms with Crippen LogP contribution >= 0.6 is 0 Å². The van der Waals surface area contributed by atoms with Crippen LogP contribution in [0.2, 0.25) is 0 Å². The van der Waals surface area contributed by atoms with Crippen molar-refractivity contribution >= 4 is 22.4 Å². The lowest BCUT2D eigenvalue weighted by molar-refractivity contribution is 1.01. The van der Waals surface area contributed by atoms with Gasteiger partial charge in [0.15, 0.2) is 5.82 Å². The van der Waals surface area contributed by atoms with Crippen molar-refractivity contribution in [1.82, 2.24) is 15.0 Å². The number of hydrogen-bond acceptors (Lipinski definition) is 5. The highest BCUT2D eigenvalue weighted by Gasteiger charge is 2.09. The van der Waals surface area contributed by atoms with Crippen LogP contribution in [-0.2, 0) is 6.42 Å².